The maximum atomic E-state index is 8.20. The van der Waals surface area contributed by atoms with Gasteiger partial charge in [0, 0.05) is 10.6 Å². The summed E-state index contributed by atoms with van der Waals surface area (Å²) in [6.07, 6.45) is 3.34. The SMILES string of the molecule is [N-]=[N+]=Nc1ccc(-n2ccnn2)cc1. The van der Waals surface area contributed by atoms with Crippen LogP contribution in [0.25, 0.3) is 16.1 Å². The van der Waals surface area contributed by atoms with Gasteiger partial charge in [0.15, 0.2) is 0 Å². The molecule has 0 spiro atoms. The summed E-state index contributed by atoms with van der Waals surface area (Å²) < 4.78 is 1.62. The number of hydrogen-bond donors (Lipinski definition) is 0. The fraction of sp³-hybridized carbons (Fsp3) is 0. The number of hydrogen-bond acceptors (Lipinski definition) is 3. The van der Waals surface area contributed by atoms with Crippen LogP contribution in [0.2, 0.25) is 0 Å². The molecule has 0 fully saturated rings. The van der Waals surface area contributed by atoms with Gasteiger partial charge in [-0.25, -0.2) is 4.68 Å². The van der Waals surface area contributed by atoms with Gasteiger partial charge in [0.05, 0.1) is 18.1 Å². The van der Waals surface area contributed by atoms with E-state index in [4.69, 9.17) is 5.53 Å². The molecular formula is C8H6N6. The summed E-state index contributed by atoms with van der Waals surface area (Å²) in [4.78, 5) is 2.69. The monoisotopic (exact) mass is 186 g/mol. The lowest BCUT2D eigenvalue weighted by molar-refractivity contribution is 0.803. The molecule has 0 unspecified atom stereocenters. The third-order valence-corrected chi connectivity index (χ3v) is 1.70. The smallest absolute Gasteiger partial charge is 0.0697 e. The van der Waals surface area contributed by atoms with Crippen molar-refractivity contribution < 1.29 is 0 Å². The summed E-state index contributed by atoms with van der Waals surface area (Å²) in [7, 11) is 0. The molecule has 0 aliphatic carbocycles. The highest BCUT2D eigenvalue weighted by molar-refractivity contribution is 5.43. The second-order valence-electron chi connectivity index (χ2n) is 2.55. The van der Waals surface area contributed by atoms with Crippen LogP contribution in [-0.4, -0.2) is 15.0 Å². The lowest BCUT2D eigenvalue weighted by atomic mass is 10.3. The predicted octanol–water partition coefficient (Wildman–Crippen LogP) is 2.21. The molecule has 6 heteroatoms. The molecular weight excluding hydrogens is 180 g/mol. The fourth-order valence-corrected chi connectivity index (χ4v) is 1.07. The Morgan fingerprint density at radius 1 is 1.29 bits per heavy atom. The van der Waals surface area contributed by atoms with Crippen molar-refractivity contribution in [1.29, 1.82) is 0 Å². The predicted molar refractivity (Wildman–Crippen MR) is 50.2 cm³/mol. The van der Waals surface area contributed by atoms with Crippen molar-refractivity contribution in [2.24, 2.45) is 5.11 Å². The van der Waals surface area contributed by atoms with Gasteiger partial charge in [0.25, 0.3) is 0 Å². The molecule has 2 rings (SSSR count). The lowest BCUT2D eigenvalue weighted by Crippen LogP contribution is -1.93. The number of benzene rings is 1. The first-order valence-corrected chi connectivity index (χ1v) is 3.92. The summed E-state index contributed by atoms with van der Waals surface area (Å²) in [6, 6.07) is 7.05. The molecule has 6 nitrogen and oxygen atoms in total. The minimum absolute atomic E-state index is 0.580. The molecule has 1 heterocycles. The van der Waals surface area contributed by atoms with Gasteiger partial charge >= 0.3 is 0 Å². The second-order valence-corrected chi connectivity index (χ2v) is 2.55. The van der Waals surface area contributed by atoms with E-state index >= 15 is 0 Å². The first-order valence-electron chi connectivity index (χ1n) is 3.92. The van der Waals surface area contributed by atoms with E-state index in [1.54, 1.807) is 41.3 Å². The van der Waals surface area contributed by atoms with Crippen LogP contribution in [-0.2, 0) is 0 Å². The van der Waals surface area contributed by atoms with Crippen LogP contribution in [0.4, 0.5) is 5.69 Å². The largest absolute Gasteiger partial charge is 0.221 e. The number of azide groups is 1. The highest BCUT2D eigenvalue weighted by atomic mass is 15.4. The molecule has 0 radical (unpaired) electrons. The lowest BCUT2D eigenvalue weighted by Gasteiger charge is -1.98. The average Bonchev–Trinajstić information content (AvgIpc) is 2.72. The van der Waals surface area contributed by atoms with Crippen molar-refractivity contribution in [3.63, 3.8) is 0 Å². The van der Waals surface area contributed by atoms with E-state index in [-0.39, 0.29) is 0 Å². The van der Waals surface area contributed by atoms with Gasteiger partial charge in [0.1, 0.15) is 0 Å². The maximum Gasteiger partial charge on any atom is 0.0697 e. The molecule has 0 bridgehead atoms. The van der Waals surface area contributed by atoms with E-state index in [1.165, 1.54) is 0 Å². The maximum absolute atomic E-state index is 8.20. The van der Waals surface area contributed by atoms with Crippen molar-refractivity contribution in [3.05, 3.63) is 47.1 Å². The molecule has 0 saturated carbocycles. The van der Waals surface area contributed by atoms with Crippen LogP contribution in [0.3, 0.4) is 0 Å². The van der Waals surface area contributed by atoms with E-state index in [9.17, 15) is 0 Å². The normalized spacial score (nSPS) is 9.43. The summed E-state index contributed by atoms with van der Waals surface area (Å²) in [5.41, 5.74) is 9.66. The Morgan fingerprint density at radius 2 is 2.07 bits per heavy atom. The Labute approximate surface area is 79.4 Å². The standard InChI is InChI=1S/C8H6N6/c9-12-11-7-1-3-8(4-2-7)14-6-5-10-13-14/h1-6H. The Balaban J connectivity index is 2.35. The number of nitrogens with zero attached hydrogens (tertiary/aromatic N) is 6. The van der Waals surface area contributed by atoms with Crippen molar-refractivity contribution >= 4 is 5.69 Å². The fourth-order valence-electron chi connectivity index (χ4n) is 1.07. The van der Waals surface area contributed by atoms with Crippen molar-refractivity contribution in [2.45, 2.75) is 0 Å². The van der Waals surface area contributed by atoms with Crippen LogP contribution in [0.15, 0.2) is 41.8 Å². The molecule has 0 aliphatic heterocycles. The highest BCUT2D eigenvalue weighted by Crippen LogP contribution is 2.14. The van der Waals surface area contributed by atoms with E-state index in [2.05, 4.69) is 20.3 Å². The molecule has 2 aromatic rings. The Morgan fingerprint density at radius 3 is 2.64 bits per heavy atom. The highest BCUT2D eigenvalue weighted by Gasteiger charge is 1.95. The Kier molecular flexibility index (Phi) is 2.12. The van der Waals surface area contributed by atoms with Crippen LogP contribution in [0.5, 0.6) is 0 Å². The van der Waals surface area contributed by atoms with Gasteiger partial charge in [-0.1, -0.05) is 22.5 Å². The van der Waals surface area contributed by atoms with Crippen LogP contribution in [0.1, 0.15) is 0 Å². The number of aromatic nitrogens is 3. The van der Waals surface area contributed by atoms with Crippen molar-refractivity contribution in [2.75, 3.05) is 0 Å². The Hall–Kier alpha value is -2.33. The summed E-state index contributed by atoms with van der Waals surface area (Å²) >= 11 is 0. The summed E-state index contributed by atoms with van der Waals surface area (Å²) in [5.74, 6) is 0. The molecule has 68 valence electrons. The molecule has 1 aromatic heterocycles. The molecule has 0 atom stereocenters. The zero-order valence-corrected chi connectivity index (χ0v) is 7.15. The van der Waals surface area contributed by atoms with Crippen molar-refractivity contribution in [1.82, 2.24) is 15.0 Å². The van der Waals surface area contributed by atoms with Crippen LogP contribution in [0, 0.1) is 0 Å². The topological polar surface area (TPSA) is 79.5 Å². The minimum atomic E-state index is 0.580. The van der Waals surface area contributed by atoms with Gasteiger partial charge in [-0.15, -0.1) is 5.10 Å². The first kappa shape index (κ1) is 8.28. The van der Waals surface area contributed by atoms with Gasteiger partial charge in [-0.3, -0.25) is 0 Å². The van der Waals surface area contributed by atoms with Crippen molar-refractivity contribution in [3.8, 4) is 5.69 Å². The summed E-state index contributed by atoms with van der Waals surface area (Å²) in [5, 5.41) is 11.0. The number of rotatable bonds is 2. The summed E-state index contributed by atoms with van der Waals surface area (Å²) in [6.45, 7) is 0. The van der Waals surface area contributed by atoms with Gasteiger partial charge in [0.2, 0.25) is 0 Å². The van der Waals surface area contributed by atoms with Gasteiger partial charge in [-0.2, -0.15) is 0 Å². The molecule has 14 heavy (non-hydrogen) atoms. The van der Waals surface area contributed by atoms with E-state index < -0.39 is 0 Å². The Bertz CT molecular complexity index is 451. The third kappa shape index (κ3) is 1.55. The molecule has 0 amide bonds. The molecule has 1 aromatic carbocycles. The zero-order valence-electron chi connectivity index (χ0n) is 7.15. The molecule has 0 saturated heterocycles. The van der Waals surface area contributed by atoms with E-state index in [0.717, 1.165) is 5.69 Å². The average molecular weight is 186 g/mol. The van der Waals surface area contributed by atoms with E-state index in [1.807, 2.05) is 0 Å². The van der Waals surface area contributed by atoms with Gasteiger partial charge < -0.3 is 0 Å². The molecule has 0 N–H and O–H groups in total. The minimum Gasteiger partial charge on any atom is -0.221 e. The van der Waals surface area contributed by atoms with Crippen LogP contribution < -0.4 is 0 Å². The van der Waals surface area contributed by atoms with Gasteiger partial charge in [-0.05, 0) is 17.7 Å². The third-order valence-electron chi connectivity index (χ3n) is 1.70. The second kappa shape index (κ2) is 3.59. The zero-order chi connectivity index (χ0) is 9.80. The first-order chi connectivity index (χ1) is 6.90. The van der Waals surface area contributed by atoms with E-state index in [0.29, 0.717) is 5.69 Å². The molecule has 0 aliphatic rings. The quantitative estimate of drug-likeness (QED) is 0.409. The van der Waals surface area contributed by atoms with Crippen LogP contribution >= 0.6 is 0 Å².